The van der Waals surface area contributed by atoms with E-state index < -0.39 is 18.0 Å². The zero-order valence-electron chi connectivity index (χ0n) is 10.2. The van der Waals surface area contributed by atoms with Crippen molar-refractivity contribution >= 4 is 11.9 Å². The van der Waals surface area contributed by atoms with E-state index in [-0.39, 0.29) is 17.4 Å². The van der Waals surface area contributed by atoms with Gasteiger partial charge in [-0.25, -0.2) is 14.8 Å². The predicted molar refractivity (Wildman–Crippen MR) is 64.7 cm³/mol. The van der Waals surface area contributed by atoms with E-state index >= 15 is 0 Å². The van der Waals surface area contributed by atoms with Crippen molar-refractivity contribution in [2.24, 2.45) is 0 Å². The van der Waals surface area contributed by atoms with Crippen LogP contribution < -0.4 is 5.32 Å². The fraction of sp³-hybridized carbons (Fsp3) is 0.500. The molecule has 3 N–H and O–H groups in total. The minimum absolute atomic E-state index is 0.0442. The Bertz CT molecular complexity index is 474. The Hall–Kier alpha value is -2.02. The maximum absolute atomic E-state index is 11.9. The molecular formula is C12H15N3O4. The average molecular weight is 265 g/mol. The highest BCUT2D eigenvalue weighted by Crippen LogP contribution is 2.18. The number of aromatic carboxylic acids is 1. The fourth-order valence-corrected chi connectivity index (χ4v) is 2.08. The van der Waals surface area contributed by atoms with Gasteiger partial charge < -0.3 is 15.5 Å². The number of aliphatic hydroxyl groups is 1. The van der Waals surface area contributed by atoms with Gasteiger partial charge in [-0.2, -0.15) is 0 Å². The molecule has 1 aliphatic rings. The van der Waals surface area contributed by atoms with Gasteiger partial charge in [-0.05, 0) is 12.8 Å². The third kappa shape index (κ3) is 3.25. The summed E-state index contributed by atoms with van der Waals surface area (Å²) in [6.45, 7) is 0. The molecule has 0 unspecified atom stereocenters. The zero-order chi connectivity index (χ0) is 13.8. The number of hydrogen-bond donors (Lipinski definition) is 3. The molecule has 1 aromatic rings. The molecule has 1 aliphatic carbocycles. The summed E-state index contributed by atoms with van der Waals surface area (Å²) in [5, 5.41) is 21.1. The smallest absolute Gasteiger partial charge is 0.356 e. The van der Waals surface area contributed by atoms with Crippen LogP contribution in [0.3, 0.4) is 0 Å². The highest BCUT2D eigenvalue weighted by atomic mass is 16.4. The Morgan fingerprint density at radius 2 is 1.79 bits per heavy atom. The Kier molecular flexibility index (Phi) is 4.06. The predicted octanol–water partition coefficient (Wildman–Crippen LogP) is 0.208. The van der Waals surface area contributed by atoms with Crippen molar-refractivity contribution in [1.29, 1.82) is 0 Å². The average Bonchev–Trinajstić information content (AvgIpc) is 2.41. The second-order valence-corrected chi connectivity index (χ2v) is 4.52. The van der Waals surface area contributed by atoms with Crippen molar-refractivity contribution in [2.75, 3.05) is 0 Å². The van der Waals surface area contributed by atoms with Gasteiger partial charge in [0.2, 0.25) is 0 Å². The van der Waals surface area contributed by atoms with E-state index in [1.165, 1.54) is 0 Å². The molecule has 0 saturated heterocycles. The number of carbonyl (C=O) groups is 2. The molecule has 1 fully saturated rings. The first kappa shape index (κ1) is 13.4. The van der Waals surface area contributed by atoms with E-state index in [9.17, 15) is 14.7 Å². The lowest BCUT2D eigenvalue weighted by Crippen LogP contribution is -2.45. The van der Waals surface area contributed by atoms with Crippen molar-refractivity contribution < 1.29 is 19.8 Å². The summed E-state index contributed by atoms with van der Waals surface area (Å²) in [6, 6.07) is -0.276. The number of aromatic nitrogens is 2. The van der Waals surface area contributed by atoms with Crippen molar-refractivity contribution in [2.45, 2.75) is 37.8 Å². The van der Waals surface area contributed by atoms with Crippen LogP contribution >= 0.6 is 0 Å². The molecule has 2 atom stereocenters. The number of carboxylic acids is 1. The van der Waals surface area contributed by atoms with Gasteiger partial charge in [0.1, 0.15) is 5.69 Å². The molecule has 0 aromatic carbocycles. The number of amides is 1. The molecule has 1 aromatic heterocycles. The summed E-state index contributed by atoms with van der Waals surface area (Å²) in [4.78, 5) is 29.9. The van der Waals surface area contributed by atoms with Crippen molar-refractivity contribution in [3.8, 4) is 0 Å². The molecule has 7 heteroatoms. The molecule has 0 bridgehead atoms. The third-order valence-electron chi connectivity index (χ3n) is 3.15. The largest absolute Gasteiger partial charge is 0.476 e. The normalized spacial score (nSPS) is 22.8. The van der Waals surface area contributed by atoms with Gasteiger partial charge >= 0.3 is 5.97 Å². The molecule has 1 amide bonds. The van der Waals surface area contributed by atoms with Crippen LogP contribution in [0.2, 0.25) is 0 Å². The summed E-state index contributed by atoms with van der Waals surface area (Å²) in [6.07, 6.45) is 4.95. The van der Waals surface area contributed by atoms with Crippen molar-refractivity contribution in [3.05, 3.63) is 23.8 Å². The number of nitrogens with one attached hydrogen (secondary N) is 1. The summed E-state index contributed by atoms with van der Waals surface area (Å²) in [5.41, 5.74) is -0.169. The van der Waals surface area contributed by atoms with Crippen LogP contribution in [-0.2, 0) is 0 Å². The molecule has 7 nitrogen and oxygen atoms in total. The van der Waals surface area contributed by atoms with Gasteiger partial charge in [0.05, 0.1) is 24.5 Å². The van der Waals surface area contributed by atoms with Crippen molar-refractivity contribution in [3.63, 3.8) is 0 Å². The number of carboxylic acid groups (broad SMARTS) is 1. The highest BCUT2D eigenvalue weighted by molar-refractivity contribution is 5.92. The molecule has 0 aliphatic heterocycles. The number of aliphatic hydroxyl groups excluding tert-OH is 1. The van der Waals surface area contributed by atoms with E-state index in [1.54, 1.807) is 0 Å². The molecular weight excluding hydrogens is 250 g/mol. The van der Waals surface area contributed by atoms with Crippen LogP contribution in [0.1, 0.15) is 46.7 Å². The molecule has 2 rings (SSSR count). The summed E-state index contributed by atoms with van der Waals surface area (Å²) in [5.74, 6) is -1.64. The van der Waals surface area contributed by atoms with Crippen LogP contribution in [0, 0.1) is 0 Å². The maximum atomic E-state index is 11.9. The Morgan fingerprint density at radius 3 is 2.37 bits per heavy atom. The van der Waals surface area contributed by atoms with Gasteiger partial charge in [-0.1, -0.05) is 12.8 Å². The number of nitrogens with zero attached hydrogens (tertiary/aromatic N) is 2. The quantitative estimate of drug-likeness (QED) is 0.720. The van der Waals surface area contributed by atoms with Crippen LogP contribution in [-0.4, -0.2) is 44.2 Å². The van der Waals surface area contributed by atoms with Gasteiger partial charge in [0.25, 0.3) is 5.91 Å². The second-order valence-electron chi connectivity index (χ2n) is 4.52. The fourth-order valence-electron chi connectivity index (χ4n) is 2.08. The SMILES string of the molecule is O=C(O)c1cnc(C(=O)N[C@@H]2CCCC[C@H]2O)cn1. The maximum Gasteiger partial charge on any atom is 0.356 e. The summed E-state index contributed by atoms with van der Waals surface area (Å²) < 4.78 is 0. The molecule has 19 heavy (non-hydrogen) atoms. The Balaban J connectivity index is 2.01. The van der Waals surface area contributed by atoms with Crippen LogP contribution in [0.15, 0.2) is 12.4 Å². The Morgan fingerprint density at radius 1 is 1.16 bits per heavy atom. The van der Waals surface area contributed by atoms with E-state index in [4.69, 9.17) is 5.11 Å². The van der Waals surface area contributed by atoms with Crippen molar-refractivity contribution in [1.82, 2.24) is 15.3 Å². The van der Waals surface area contributed by atoms with E-state index in [1.807, 2.05) is 0 Å². The summed E-state index contributed by atoms with van der Waals surface area (Å²) >= 11 is 0. The standard InChI is InChI=1S/C12H15N3O4/c16-10-4-2-1-3-7(10)15-11(17)8-5-14-9(6-13-8)12(18)19/h5-7,10,16H,1-4H2,(H,15,17)(H,18,19)/t7-,10-/m1/s1. The number of hydrogen-bond acceptors (Lipinski definition) is 5. The summed E-state index contributed by atoms with van der Waals surface area (Å²) in [7, 11) is 0. The lowest BCUT2D eigenvalue weighted by atomic mass is 9.92. The third-order valence-corrected chi connectivity index (χ3v) is 3.15. The Labute approximate surface area is 109 Å². The number of rotatable bonds is 3. The van der Waals surface area contributed by atoms with Crippen LogP contribution in [0.25, 0.3) is 0 Å². The lowest BCUT2D eigenvalue weighted by Gasteiger charge is -2.28. The minimum atomic E-state index is -1.19. The first-order chi connectivity index (χ1) is 9.08. The van der Waals surface area contributed by atoms with E-state index in [0.717, 1.165) is 31.7 Å². The molecule has 1 saturated carbocycles. The second kappa shape index (κ2) is 5.75. The van der Waals surface area contributed by atoms with Gasteiger partial charge in [-0.3, -0.25) is 4.79 Å². The first-order valence-electron chi connectivity index (χ1n) is 6.12. The molecule has 0 spiro atoms. The monoisotopic (exact) mass is 265 g/mol. The first-order valence-corrected chi connectivity index (χ1v) is 6.12. The zero-order valence-corrected chi connectivity index (χ0v) is 10.2. The van der Waals surface area contributed by atoms with Gasteiger partial charge in [0, 0.05) is 0 Å². The molecule has 1 heterocycles. The number of carbonyl (C=O) groups excluding carboxylic acids is 1. The van der Waals surface area contributed by atoms with Crippen LogP contribution in [0.5, 0.6) is 0 Å². The van der Waals surface area contributed by atoms with E-state index in [0.29, 0.717) is 6.42 Å². The van der Waals surface area contributed by atoms with Gasteiger partial charge in [-0.15, -0.1) is 0 Å². The van der Waals surface area contributed by atoms with Crippen LogP contribution in [0.4, 0.5) is 0 Å². The highest BCUT2D eigenvalue weighted by Gasteiger charge is 2.25. The lowest BCUT2D eigenvalue weighted by molar-refractivity contribution is 0.0685. The molecule has 0 radical (unpaired) electrons. The molecule has 102 valence electrons. The van der Waals surface area contributed by atoms with E-state index in [2.05, 4.69) is 15.3 Å². The minimum Gasteiger partial charge on any atom is -0.476 e. The van der Waals surface area contributed by atoms with Gasteiger partial charge in [0.15, 0.2) is 5.69 Å². The topological polar surface area (TPSA) is 112 Å².